The van der Waals surface area contributed by atoms with Crippen LogP contribution in [-0.4, -0.2) is 23.9 Å². The fraction of sp³-hybridized carbons (Fsp3) is 0.533. The summed E-state index contributed by atoms with van der Waals surface area (Å²) in [6, 6.07) is 5.83. The molecule has 1 radical (unpaired) electrons. The predicted molar refractivity (Wildman–Crippen MR) is 87.9 cm³/mol. The molecule has 0 aliphatic rings. The second kappa shape index (κ2) is 10.6. The van der Waals surface area contributed by atoms with Gasteiger partial charge in [0.25, 0.3) is 0 Å². The van der Waals surface area contributed by atoms with E-state index in [1.54, 1.807) is 0 Å². The van der Waals surface area contributed by atoms with E-state index < -0.39 is 0 Å². The zero-order valence-electron chi connectivity index (χ0n) is 11.2. The monoisotopic (exact) mass is 391 g/mol. The van der Waals surface area contributed by atoms with Crippen molar-refractivity contribution in [2.24, 2.45) is 0 Å². The minimum Gasteiger partial charge on any atom is -0.493 e. The van der Waals surface area contributed by atoms with E-state index >= 15 is 0 Å². The molecule has 0 saturated carbocycles. The summed E-state index contributed by atoms with van der Waals surface area (Å²) in [6.07, 6.45) is 4.35. The highest BCUT2D eigenvalue weighted by molar-refractivity contribution is 9.09. The van der Waals surface area contributed by atoms with Crippen LogP contribution in [0.1, 0.15) is 31.2 Å². The van der Waals surface area contributed by atoms with E-state index in [2.05, 4.69) is 38.8 Å². The molecular formula is C15H21Br2O2. The fourth-order valence-electron chi connectivity index (χ4n) is 1.57. The Balaban J connectivity index is 2.41. The van der Waals surface area contributed by atoms with Crippen molar-refractivity contribution in [1.82, 2.24) is 0 Å². The lowest BCUT2D eigenvalue weighted by atomic mass is 10.2. The number of hydrogen-bond donors (Lipinski definition) is 0. The second-order valence-electron chi connectivity index (χ2n) is 4.30. The molecule has 0 atom stereocenters. The highest BCUT2D eigenvalue weighted by Crippen LogP contribution is 2.23. The van der Waals surface area contributed by atoms with Crippen molar-refractivity contribution in [3.05, 3.63) is 30.7 Å². The van der Waals surface area contributed by atoms with Crippen molar-refractivity contribution in [2.75, 3.05) is 23.9 Å². The topological polar surface area (TPSA) is 18.5 Å². The number of halogens is 2. The average Bonchev–Trinajstić information content (AvgIpc) is 2.39. The van der Waals surface area contributed by atoms with Crippen LogP contribution < -0.4 is 9.47 Å². The van der Waals surface area contributed by atoms with Gasteiger partial charge >= 0.3 is 0 Å². The van der Waals surface area contributed by atoms with E-state index in [9.17, 15) is 0 Å². The number of rotatable bonds is 10. The molecule has 0 amide bonds. The SMILES string of the molecule is [CH2]c1cc(OCCCCBr)cc(OCCCCBr)c1. The van der Waals surface area contributed by atoms with Gasteiger partial charge in [0.15, 0.2) is 0 Å². The number of hydrogen-bond acceptors (Lipinski definition) is 2. The van der Waals surface area contributed by atoms with Crippen molar-refractivity contribution in [3.8, 4) is 11.5 Å². The molecule has 107 valence electrons. The molecule has 0 unspecified atom stereocenters. The Labute approximate surface area is 133 Å². The van der Waals surface area contributed by atoms with E-state index in [1.807, 2.05) is 18.2 Å². The average molecular weight is 393 g/mol. The first-order valence-electron chi connectivity index (χ1n) is 6.61. The maximum Gasteiger partial charge on any atom is 0.123 e. The summed E-state index contributed by atoms with van der Waals surface area (Å²) in [5, 5.41) is 2.04. The predicted octanol–water partition coefficient (Wildman–Crippen LogP) is 4.98. The summed E-state index contributed by atoms with van der Waals surface area (Å²) in [5.74, 6) is 1.69. The highest BCUT2D eigenvalue weighted by atomic mass is 79.9. The molecule has 0 bridgehead atoms. The summed E-state index contributed by atoms with van der Waals surface area (Å²) in [7, 11) is 0. The Morgan fingerprint density at radius 1 is 0.789 bits per heavy atom. The van der Waals surface area contributed by atoms with Crippen molar-refractivity contribution >= 4 is 31.9 Å². The smallest absolute Gasteiger partial charge is 0.123 e. The van der Waals surface area contributed by atoms with Gasteiger partial charge in [0.05, 0.1) is 13.2 Å². The van der Waals surface area contributed by atoms with Crippen LogP contribution in [0.25, 0.3) is 0 Å². The minimum atomic E-state index is 0.734. The molecule has 1 aromatic carbocycles. The van der Waals surface area contributed by atoms with Crippen LogP contribution in [-0.2, 0) is 0 Å². The van der Waals surface area contributed by atoms with E-state index in [0.29, 0.717) is 0 Å². The van der Waals surface area contributed by atoms with E-state index in [4.69, 9.17) is 9.47 Å². The molecule has 0 aromatic heterocycles. The highest BCUT2D eigenvalue weighted by Gasteiger charge is 2.01. The lowest BCUT2D eigenvalue weighted by molar-refractivity contribution is 0.294. The van der Waals surface area contributed by atoms with Gasteiger partial charge < -0.3 is 9.47 Å². The van der Waals surface area contributed by atoms with Gasteiger partial charge in [-0.3, -0.25) is 0 Å². The zero-order chi connectivity index (χ0) is 13.9. The molecule has 19 heavy (non-hydrogen) atoms. The Kier molecular flexibility index (Phi) is 9.35. The molecule has 0 aliphatic heterocycles. The molecule has 0 spiro atoms. The summed E-state index contributed by atoms with van der Waals surface area (Å²) in [4.78, 5) is 0. The number of ether oxygens (including phenoxy) is 2. The van der Waals surface area contributed by atoms with Gasteiger partial charge in [-0.2, -0.15) is 0 Å². The Morgan fingerprint density at radius 2 is 1.26 bits per heavy atom. The molecule has 2 nitrogen and oxygen atoms in total. The molecule has 0 saturated heterocycles. The summed E-state index contributed by atoms with van der Waals surface area (Å²) >= 11 is 6.82. The Hall–Kier alpha value is -0.220. The first kappa shape index (κ1) is 16.8. The van der Waals surface area contributed by atoms with Gasteiger partial charge in [-0.25, -0.2) is 0 Å². The van der Waals surface area contributed by atoms with Crippen LogP contribution in [0, 0.1) is 6.92 Å². The maximum absolute atomic E-state index is 5.71. The fourth-order valence-corrected chi connectivity index (χ4v) is 2.36. The zero-order valence-corrected chi connectivity index (χ0v) is 14.3. The summed E-state index contributed by atoms with van der Waals surface area (Å²) in [5.41, 5.74) is 0.925. The molecule has 1 rings (SSSR count). The largest absolute Gasteiger partial charge is 0.493 e. The van der Waals surface area contributed by atoms with Gasteiger partial charge in [-0.1, -0.05) is 31.9 Å². The molecule has 1 aromatic rings. The van der Waals surface area contributed by atoms with Crippen LogP contribution in [0.4, 0.5) is 0 Å². The number of benzene rings is 1. The lowest BCUT2D eigenvalue weighted by Crippen LogP contribution is -2.00. The minimum absolute atomic E-state index is 0.734. The Bertz CT molecular complexity index is 326. The van der Waals surface area contributed by atoms with Gasteiger partial charge in [-0.15, -0.1) is 0 Å². The van der Waals surface area contributed by atoms with E-state index in [-0.39, 0.29) is 0 Å². The second-order valence-corrected chi connectivity index (χ2v) is 5.89. The van der Waals surface area contributed by atoms with Crippen molar-refractivity contribution in [1.29, 1.82) is 0 Å². The first-order chi connectivity index (χ1) is 9.26. The third kappa shape index (κ3) is 7.83. The van der Waals surface area contributed by atoms with Gasteiger partial charge in [0, 0.05) is 16.7 Å². The normalized spacial score (nSPS) is 10.5. The van der Waals surface area contributed by atoms with Gasteiger partial charge in [0.2, 0.25) is 0 Å². The van der Waals surface area contributed by atoms with Crippen molar-refractivity contribution in [2.45, 2.75) is 25.7 Å². The standard InChI is InChI=1S/C15H21Br2O2/c1-13-10-14(18-8-4-2-6-16)12-15(11-13)19-9-5-3-7-17/h10-12H,1-9H2. The van der Waals surface area contributed by atoms with Crippen LogP contribution >= 0.6 is 31.9 Å². The molecular weight excluding hydrogens is 372 g/mol. The summed E-state index contributed by atoms with van der Waals surface area (Å²) < 4.78 is 11.4. The van der Waals surface area contributed by atoms with Crippen molar-refractivity contribution < 1.29 is 9.47 Å². The van der Waals surface area contributed by atoms with Crippen LogP contribution in [0.5, 0.6) is 11.5 Å². The third-order valence-electron chi connectivity index (χ3n) is 2.53. The summed E-state index contributed by atoms with van der Waals surface area (Å²) in [6.45, 7) is 5.42. The number of unbranched alkanes of at least 4 members (excludes halogenated alkanes) is 2. The molecule has 4 heteroatoms. The van der Waals surface area contributed by atoms with Gasteiger partial charge in [-0.05, 0) is 50.3 Å². The van der Waals surface area contributed by atoms with Gasteiger partial charge in [0.1, 0.15) is 11.5 Å². The quantitative estimate of drug-likeness (QED) is 0.413. The lowest BCUT2D eigenvalue weighted by Gasteiger charge is -2.10. The molecule has 0 aliphatic carbocycles. The molecule has 0 heterocycles. The molecule has 0 N–H and O–H groups in total. The van der Waals surface area contributed by atoms with Crippen LogP contribution in [0.2, 0.25) is 0 Å². The number of alkyl halides is 2. The first-order valence-corrected chi connectivity index (χ1v) is 8.85. The van der Waals surface area contributed by atoms with E-state index in [1.165, 1.54) is 0 Å². The van der Waals surface area contributed by atoms with Crippen LogP contribution in [0.3, 0.4) is 0 Å². The van der Waals surface area contributed by atoms with Crippen LogP contribution in [0.15, 0.2) is 18.2 Å². The van der Waals surface area contributed by atoms with E-state index in [0.717, 1.165) is 66.6 Å². The molecule has 0 fully saturated rings. The van der Waals surface area contributed by atoms with Crippen molar-refractivity contribution in [3.63, 3.8) is 0 Å². The Morgan fingerprint density at radius 3 is 1.68 bits per heavy atom. The third-order valence-corrected chi connectivity index (χ3v) is 3.65. The maximum atomic E-state index is 5.71.